The number of hydrogen-bond acceptors (Lipinski definition) is 8. The summed E-state index contributed by atoms with van der Waals surface area (Å²) in [5, 5.41) is 14.2. The Morgan fingerprint density at radius 2 is 1.63 bits per heavy atom. The number of H-pyrrole nitrogens is 1. The molecule has 2 aliphatic rings. The molecule has 284 valence electrons. The van der Waals surface area contributed by atoms with E-state index in [0.717, 1.165) is 86.2 Å². The number of sulfonamides is 1. The maximum Gasteiger partial charge on any atom is 0.354 e. The molecule has 52 heavy (non-hydrogen) atoms. The largest absolute Gasteiger partial charge is 0.392 e. The van der Waals surface area contributed by atoms with Gasteiger partial charge in [0.05, 0.1) is 16.7 Å². The smallest absolute Gasteiger partial charge is 0.354 e. The van der Waals surface area contributed by atoms with Gasteiger partial charge in [-0.3, -0.25) is 4.57 Å². The van der Waals surface area contributed by atoms with Crippen LogP contribution in [0.3, 0.4) is 0 Å². The van der Waals surface area contributed by atoms with Crippen LogP contribution in [0.1, 0.15) is 90.5 Å². The van der Waals surface area contributed by atoms with Crippen LogP contribution in [-0.2, 0) is 27.4 Å². The average Bonchev–Trinajstić information content (AvgIpc) is 3.54. The highest BCUT2D eigenvalue weighted by molar-refractivity contribution is 7.89. The van der Waals surface area contributed by atoms with Gasteiger partial charge in [0, 0.05) is 48.4 Å². The molecule has 5 N–H and O–H groups in total. The molecule has 0 spiro atoms. The van der Waals surface area contributed by atoms with Crippen LogP contribution >= 0.6 is 0 Å². The Bertz CT molecular complexity index is 1920. The summed E-state index contributed by atoms with van der Waals surface area (Å²) in [6, 6.07) is 17.1. The topological polar surface area (TPSA) is 150 Å². The summed E-state index contributed by atoms with van der Waals surface area (Å²) < 4.78 is 30.5. The molecule has 4 heterocycles. The van der Waals surface area contributed by atoms with E-state index in [1.54, 1.807) is 21.0 Å². The minimum atomic E-state index is -3.54. The second-order valence-electron chi connectivity index (χ2n) is 16.3. The third-order valence-electron chi connectivity index (χ3n) is 10.1. The minimum absolute atomic E-state index is 0.00394. The van der Waals surface area contributed by atoms with Crippen LogP contribution in [0.15, 0.2) is 70.5 Å². The van der Waals surface area contributed by atoms with E-state index in [1.165, 1.54) is 0 Å². The van der Waals surface area contributed by atoms with Crippen LogP contribution in [0.25, 0.3) is 16.7 Å². The van der Waals surface area contributed by atoms with Gasteiger partial charge in [-0.25, -0.2) is 13.2 Å². The number of fused-ring (bicyclic) bond motifs is 1. The van der Waals surface area contributed by atoms with E-state index >= 15 is 0 Å². The molecule has 2 aromatic heterocycles. The van der Waals surface area contributed by atoms with Crippen molar-refractivity contribution in [2.75, 3.05) is 39.3 Å². The highest BCUT2D eigenvalue weighted by Gasteiger charge is 2.32. The summed E-state index contributed by atoms with van der Waals surface area (Å²) in [4.78, 5) is 22.3. The molecule has 0 amide bonds. The van der Waals surface area contributed by atoms with E-state index in [9.17, 15) is 18.3 Å². The molecule has 12 heteroatoms. The van der Waals surface area contributed by atoms with E-state index in [0.29, 0.717) is 30.2 Å². The Morgan fingerprint density at radius 3 is 2.23 bits per heavy atom. The lowest BCUT2D eigenvalue weighted by Gasteiger charge is -2.35. The van der Waals surface area contributed by atoms with E-state index in [4.69, 9.17) is 5.73 Å². The van der Waals surface area contributed by atoms with Crippen molar-refractivity contribution in [3.63, 3.8) is 0 Å². The fourth-order valence-electron chi connectivity index (χ4n) is 6.92. The van der Waals surface area contributed by atoms with Crippen molar-refractivity contribution in [2.45, 2.75) is 108 Å². The van der Waals surface area contributed by atoms with Crippen molar-refractivity contribution in [1.82, 2.24) is 29.1 Å². The number of likely N-dealkylation sites (tertiary alicyclic amines) is 1. The van der Waals surface area contributed by atoms with Crippen molar-refractivity contribution in [1.29, 1.82) is 0 Å². The second kappa shape index (κ2) is 16.7. The SMILES string of the molecule is CC(C)(C)c1cc2cn(-c3ccc(CN)cc3)c(=O)nc2[nH]1.CC(C)(C)c1ccc(S(=O)(=O)N(CCCN2CCCC(O)C2)C2CCNCC2)cc1. The molecular weight excluding hydrogens is 675 g/mol. The van der Waals surface area contributed by atoms with Crippen molar-refractivity contribution in [3.05, 3.63) is 88.1 Å². The average molecular weight is 734 g/mol. The normalized spacial score (nSPS) is 18.1. The van der Waals surface area contributed by atoms with Crippen LogP contribution in [-0.4, -0.2) is 88.7 Å². The number of β-amino-alcohol motifs (C(OH)–C–C–N with tert-alkyl or cyclic N) is 1. The molecule has 6 rings (SSSR count). The molecular formula is C40H59N7O4S. The zero-order chi connectivity index (χ0) is 37.7. The van der Waals surface area contributed by atoms with E-state index in [-0.39, 0.29) is 28.7 Å². The van der Waals surface area contributed by atoms with Gasteiger partial charge in [-0.15, -0.1) is 0 Å². The first kappa shape index (κ1) is 39.8. The van der Waals surface area contributed by atoms with Crippen molar-refractivity contribution in [2.24, 2.45) is 5.73 Å². The number of benzene rings is 2. The molecule has 0 radical (unpaired) electrons. The summed E-state index contributed by atoms with van der Waals surface area (Å²) in [5.74, 6) is 0. The lowest BCUT2D eigenvalue weighted by molar-refractivity contribution is 0.0688. The Hall–Kier alpha value is -3.39. The van der Waals surface area contributed by atoms with Crippen LogP contribution in [0.2, 0.25) is 0 Å². The number of nitrogens with two attached hydrogens (primary N) is 1. The fourth-order valence-corrected chi connectivity index (χ4v) is 8.64. The zero-order valence-electron chi connectivity index (χ0n) is 31.9. The molecule has 0 saturated carbocycles. The van der Waals surface area contributed by atoms with E-state index in [1.807, 2.05) is 48.7 Å². The second-order valence-corrected chi connectivity index (χ2v) is 18.2. The number of nitrogens with zero attached hydrogens (tertiary/aromatic N) is 4. The standard InChI is InChI=1S/C23H39N3O3S.C17H20N4O/c1-23(2,3)19-7-9-22(10-8-19)30(28,29)26(20-11-13-24-14-12-20)17-5-16-25-15-4-6-21(27)18-25;1-17(2,3)14-8-12-10-21(16(22)20-15(12)19-14)13-6-4-11(9-18)5-7-13/h7-10,20-21,24,27H,4-6,11-18H2,1-3H3;4-8,10H,9,18H2,1-3H3,(H,19,20,22). The van der Waals surface area contributed by atoms with Gasteiger partial charge in [0.25, 0.3) is 0 Å². The van der Waals surface area contributed by atoms with Crippen LogP contribution in [0.4, 0.5) is 0 Å². The number of aliphatic hydroxyl groups is 1. The number of piperidine rings is 2. The Labute approximate surface area is 309 Å². The Balaban J connectivity index is 0.000000210. The monoisotopic (exact) mass is 733 g/mol. The van der Waals surface area contributed by atoms with Crippen molar-refractivity contribution < 1.29 is 13.5 Å². The lowest BCUT2D eigenvalue weighted by atomic mass is 9.87. The Kier molecular flexibility index (Phi) is 12.8. The van der Waals surface area contributed by atoms with Crippen LogP contribution in [0, 0.1) is 0 Å². The number of nitrogens with one attached hydrogen (secondary N) is 2. The molecule has 2 saturated heterocycles. The molecule has 1 unspecified atom stereocenters. The number of hydrogen-bond donors (Lipinski definition) is 4. The molecule has 2 aliphatic heterocycles. The first-order valence-electron chi connectivity index (χ1n) is 18.7. The summed E-state index contributed by atoms with van der Waals surface area (Å²) in [7, 11) is -3.54. The maximum absolute atomic E-state index is 13.6. The van der Waals surface area contributed by atoms with Crippen molar-refractivity contribution >= 4 is 21.1 Å². The van der Waals surface area contributed by atoms with Gasteiger partial charge >= 0.3 is 5.69 Å². The predicted octanol–water partition coefficient (Wildman–Crippen LogP) is 5.04. The van der Waals surface area contributed by atoms with Gasteiger partial charge in [0.1, 0.15) is 5.65 Å². The van der Waals surface area contributed by atoms with Gasteiger partial charge < -0.3 is 26.0 Å². The van der Waals surface area contributed by atoms with Crippen molar-refractivity contribution in [3.8, 4) is 5.69 Å². The Morgan fingerprint density at radius 1 is 0.962 bits per heavy atom. The van der Waals surface area contributed by atoms with E-state index in [2.05, 4.69) is 61.7 Å². The minimum Gasteiger partial charge on any atom is -0.392 e. The summed E-state index contributed by atoms with van der Waals surface area (Å²) >= 11 is 0. The van der Waals surface area contributed by atoms with Gasteiger partial charge in [0.2, 0.25) is 10.0 Å². The first-order chi connectivity index (χ1) is 24.6. The lowest BCUT2D eigenvalue weighted by Crippen LogP contribution is -2.47. The molecule has 2 fully saturated rings. The molecule has 4 aromatic rings. The van der Waals surface area contributed by atoms with Crippen LogP contribution < -0.4 is 16.7 Å². The number of aromatic amines is 1. The van der Waals surface area contributed by atoms with Gasteiger partial charge in [-0.05, 0) is 105 Å². The van der Waals surface area contributed by atoms with Gasteiger partial charge in [0.15, 0.2) is 0 Å². The first-order valence-corrected chi connectivity index (χ1v) is 20.2. The van der Waals surface area contributed by atoms with Crippen LogP contribution in [0.5, 0.6) is 0 Å². The molecule has 11 nitrogen and oxygen atoms in total. The fraction of sp³-hybridized carbons (Fsp3) is 0.550. The summed E-state index contributed by atoms with van der Waals surface area (Å²) in [6.45, 7) is 18.0. The van der Waals surface area contributed by atoms with Gasteiger partial charge in [-0.1, -0.05) is 65.8 Å². The highest BCUT2D eigenvalue weighted by atomic mass is 32.2. The third kappa shape index (κ3) is 9.97. The zero-order valence-corrected chi connectivity index (χ0v) is 32.7. The summed E-state index contributed by atoms with van der Waals surface area (Å²) in [6.07, 6.45) is 5.95. The number of aromatic nitrogens is 3. The molecule has 1 atom stereocenters. The van der Waals surface area contributed by atoms with Gasteiger partial charge in [-0.2, -0.15) is 9.29 Å². The third-order valence-corrected chi connectivity index (χ3v) is 12.1. The summed E-state index contributed by atoms with van der Waals surface area (Å²) in [5.41, 5.74) is 9.93. The predicted molar refractivity (Wildman–Crippen MR) is 210 cm³/mol. The molecule has 0 bridgehead atoms. The highest BCUT2D eigenvalue weighted by Crippen LogP contribution is 2.28. The molecule has 0 aliphatic carbocycles. The number of aliphatic hydroxyl groups excluding tert-OH is 1. The maximum atomic E-state index is 13.6. The van der Waals surface area contributed by atoms with E-state index < -0.39 is 10.0 Å². The molecule has 2 aromatic carbocycles. The number of rotatable bonds is 9. The quantitative estimate of drug-likeness (QED) is 0.187.